The van der Waals surface area contributed by atoms with E-state index in [4.69, 9.17) is 4.42 Å². The minimum atomic E-state index is -0.771. The highest BCUT2D eigenvalue weighted by Gasteiger charge is 2.17. The van der Waals surface area contributed by atoms with Crippen LogP contribution in [0, 0.1) is 0 Å². The second-order valence-corrected chi connectivity index (χ2v) is 6.63. The molecule has 0 spiro atoms. The maximum Gasteiger partial charge on any atom is 0.336 e. The van der Waals surface area contributed by atoms with Crippen LogP contribution in [-0.2, 0) is 6.54 Å². The fourth-order valence-corrected chi connectivity index (χ4v) is 2.68. The molecule has 0 amide bonds. The molecule has 4 nitrogen and oxygen atoms in total. The zero-order chi connectivity index (χ0) is 14.9. The molecule has 0 saturated carbocycles. The molecule has 0 aliphatic heterocycles. The van der Waals surface area contributed by atoms with Crippen LogP contribution in [0.2, 0.25) is 0 Å². The van der Waals surface area contributed by atoms with Gasteiger partial charge < -0.3 is 9.52 Å². The summed E-state index contributed by atoms with van der Waals surface area (Å²) in [5, 5.41) is 10.8. The SMILES string of the molecule is CN(Cc1cc(=O)oc2cc(Br)ccc12)CC(C)(C)O. The predicted molar refractivity (Wildman–Crippen MR) is 82.8 cm³/mol. The van der Waals surface area contributed by atoms with Crippen LogP contribution in [0.25, 0.3) is 11.0 Å². The number of halogens is 1. The lowest BCUT2D eigenvalue weighted by Gasteiger charge is -2.25. The minimum absolute atomic E-state index is 0.359. The molecular weight excluding hydrogens is 322 g/mol. The van der Waals surface area contributed by atoms with Crippen LogP contribution in [0.15, 0.2) is 37.9 Å². The standard InChI is InChI=1S/C15H18BrNO3/c1-15(2,19)9-17(3)8-10-6-14(18)20-13-7-11(16)4-5-12(10)13/h4-7,19H,8-9H2,1-3H3. The maximum atomic E-state index is 11.6. The lowest BCUT2D eigenvalue weighted by atomic mass is 10.1. The second kappa shape index (κ2) is 5.68. The first-order valence-electron chi connectivity index (χ1n) is 6.38. The molecule has 5 heteroatoms. The Labute approximate surface area is 126 Å². The lowest BCUT2D eigenvalue weighted by molar-refractivity contribution is 0.0425. The Bertz CT molecular complexity index is 673. The molecule has 108 valence electrons. The molecular formula is C15H18BrNO3. The van der Waals surface area contributed by atoms with E-state index < -0.39 is 5.60 Å². The van der Waals surface area contributed by atoms with E-state index in [1.165, 1.54) is 6.07 Å². The Kier molecular flexibility index (Phi) is 4.32. The fourth-order valence-electron chi connectivity index (χ4n) is 2.34. The first kappa shape index (κ1) is 15.2. The number of aliphatic hydroxyl groups is 1. The van der Waals surface area contributed by atoms with Crippen molar-refractivity contribution in [3.05, 3.63) is 44.7 Å². The summed E-state index contributed by atoms with van der Waals surface area (Å²) in [5.41, 5.74) is 0.337. The fraction of sp³-hybridized carbons (Fsp3) is 0.400. The van der Waals surface area contributed by atoms with Crippen molar-refractivity contribution < 1.29 is 9.52 Å². The zero-order valence-corrected chi connectivity index (χ0v) is 13.4. The zero-order valence-electron chi connectivity index (χ0n) is 11.8. The molecule has 0 aliphatic carbocycles. The smallest absolute Gasteiger partial charge is 0.336 e. The van der Waals surface area contributed by atoms with Gasteiger partial charge in [-0.3, -0.25) is 4.90 Å². The van der Waals surface area contributed by atoms with Gasteiger partial charge in [0.05, 0.1) is 5.60 Å². The highest BCUT2D eigenvalue weighted by atomic mass is 79.9. The molecule has 0 atom stereocenters. The van der Waals surface area contributed by atoms with E-state index in [0.717, 1.165) is 15.4 Å². The van der Waals surface area contributed by atoms with Gasteiger partial charge in [0.2, 0.25) is 0 Å². The van der Waals surface area contributed by atoms with Gasteiger partial charge in [0.25, 0.3) is 0 Å². The summed E-state index contributed by atoms with van der Waals surface area (Å²) in [4.78, 5) is 13.6. The molecule has 20 heavy (non-hydrogen) atoms. The summed E-state index contributed by atoms with van der Waals surface area (Å²) >= 11 is 3.37. The normalized spacial score (nSPS) is 12.3. The first-order chi connectivity index (χ1) is 9.24. The summed E-state index contributed by atoms with van der Waals surface area (Å²) < 4.78 is 6.08. The van der Waals surface area contributed by atoms with E-state index in [9.17, 15) is 9.90 Å². The van der Waals surface area contributed by atoms with Crippen LogP contribution < -0.4 is 5.63 Å². The van der Waals surface area contributed by atoms with E-state index in [1.54, 1.807) is 19.9 Å². The highest BCUT2D eigenvalue weighted by Crippen LogP contribution is 2.22. The molecule has 2 aromatic rings. The van der Waals surface area contributed by atoms with Gasteiger partial charge >= 0.3 is 5.63 Å². The Morgan fingerprint density at radius 3 is 2.70 bits per heavy atom. The summed E-state index contributed by atoms with van der Waals surface area (Å²) in [5.74, 6) is 0. The van der Waals surface area contributed by atoms with Gasteiger partial charge in [-0.25, -0.2) is 4.79 Å². The Morgan fingerprint density at radius 1 is 1.35 bits per heavy atom. The number of fused-ring (bicyclic) bond motifs is 1. The third-order valence-electron chi connectivity index (χ3n) is 2.89. The molecule has 1 aromatic carbocycles. The number of rotatable bonds is 4. The van der Waals surface area contributed by atoms with Crippen LogP contribution in [0.3, 0.4) is 0 Å². The average molecular weight is 340 g/mol. The van der Waals surface area contributed by atoms with Crippen LogP contribution in [0.5, 0.6) is 0 Å². The van der Waals surface area contributed by atoms with E-state index in [-0.39, 0.29) is 5.63 Å². The van der Waals surface area contributed by atoms with Gasteiger partial charge in [-0.1, -0.05) is 15.9 Å². The van der Waals surface area contributed by atoms with Crippen LogP contribution >= 0.6 is 15.9 Å². The van der Waals surface area contributed by atoms with Crippen molar-refractivity contribution in [2.24, 2.45) is 0 Å². The Hall–Kier alpha value is -1.17. The number of hydrogen-bond donors (Lipinski definition) is 1. The van der Waals surface area contributed by atoms with Gasteiger partial charge in [-0.2, -0.15) is 0 Å². The van der Waals surface area contributed by atoms with Gasteiger partial charge in [0, 0.05) is 29.0 Å². The number of hydrogen-bond acceptors (Lipinski definition) is 4. The van der Waals surface area contributed by atoms with E-state index in [2.05, 4.69) is 15.9 Å². The molecule has 0 unspecified atom stereocenters. The van der Waals surface area contributed by atoms with Crippen molar-refractivity contribution >= 4 is 26.9 Å². The maximum absolute atomic E-state index is 11.6. The molecule has 1 N–H and O–H groups in total. The summed E-state index contributed by atoms with van der Waals surface area (Å²) in [6, 6.07) is 7.14. The summed E-state index contributed by atoms with van der Waals surface area (Å²) in [6.07, 6.45) is 0. The van der Waals surface area contributed by atoms with Crippen molar-refractivity contribution in [3.63, 3.8) is 0 Å². The highest BCUT2D eigenvalue weighted by molar-refractivity contribution is 9.10. The third-order valence-corrected chi connectivity index (χ3v) is 3.38. The van der Waals surface area contributed by atoms with Gasteiger partial charge in [-0.05, 0) is 44.7 Å². The lowest BCUT2D eigenvalue weighted by Crippen LogP contribution is -2.36. The largest absolute Gasteiger partial charge is 0.423 e. The number of nitrogens with zero attached hydrogens (tertiary/aromatic N) is 1. The van der Waals surface area contributed by atoms with E-state index in [0.29, 0.717) is 18.7 Å². The average Bonchev–Trinajstić information content (AvgIpc) is 2.24. The molecule has 0 radical (unpaired) electrons. The molecule has 0 fully saturated rings. The topological polar surface area (TPSA) is 53.7 Å². The number of benzene rings is 1. The van der Waals surface area contributed by atoms with Crippen LogP contribution in [0.4, 0.5) is 0 Å². The Balaban J connectivity index is 2.36. The quantitative estimate of drug-likeness (QED) is 0.870. The molecule has 0 bridgehead atoms. The minimum Gasteiger partial charge on any atom is -0.423 e. The predicted octanol–water partition coefficient (Wildman–Crippen LogP) is 2.76. The molecule has 0 saturated heterocycles. The molecule has 1 heterocycles. The Morgan fingerprint density at radius 2 is 2.05 bits per heavy atom. The summed E-state index contributed by atoms with van der Waals surface area (Å²) in [7, 11) is 1.91. The van der Waals surface area contributed by atoms with Crippen LogP contribution in [-0.4, -0.2) is 29.2 Å². The first-order valence-corrected chi connectivity index (χ1v) is 7.17. The number of likely N-dealkylation sites (N-methyl/N-ethyl adjacent to an activating group) is 1. The monoisotopic (exact) mass is 339 g/mol. The van der Waals surface area contributed by atoms with E-state index >= 15 is 0 Å². The molecule has 2 rings (SSSR count). The van der Waals surface area contributed by atoms with Crippen molar-refractivity contribution in [1.29, 1.82) is 0 Å². The van der Waals surface area contributed by atoms with Crippen molar-refractivity contribution in [2.45, 2.75) is 26.0 Å². The van der Waals surface area contributed by atoms with Crippen LogP contribution in [0.1, 0.15) is 19.4 Å². The van der Waals surface area contributed by atoms with Gasteiger partial charge in [0.1, 0.15) is 5.58 Å². The third kappa shape index (κ3) is 3.91. The van der Waals surface area contributed by atoms with Crippen molar-refractivity contribution in [2.75, 3.05) is 13.6 Å². The van der Waals surface area contributed by atoms with E-state index in [1.807, 2.05) is 24.1 Å². The van der Waals surface area contributed by atoms with Gasteiger partial charge in [0.15, 0.2) is 0 Å². The second-order valence-electron chi connectivity index (χ2n) is 5.72. The molecule has 0 aliphatic rings. The molecule has 1 aromatic heterocycles. The van der Waals surface area contributed by atoms with Crippen molar-refractivity contribution in [1.82, 2.24) is 4.90 Å². The van der Waals surface area contributed by atoms with Gasteiger partial charge in [-0.15, -0.1) is 0 Å². The summed E-state index contributed by atoms with van der Waals surface area (Å²) in [6.45, 7) is 4.62. The van der Waals surface area contributed by atoms with Crippen molar-refractivity contribution in [3.8, 4) is 0 Å².